The Balaban J connectivity index is 2.17. The van der Waals surface area contributed by atoms with Crippen LogP contribution in [0.25, 0.3) is 16.7 Å². The van der Waals surface area contributed by atoms with Gasteiger partial charge in [-0.1, -0.05) is 0 Å². The molecule has 3 rings (SSSR count). The highest BCUT2D eigenvalue weighted by Crippen LogP contribution is 2.26. The number of aromatic nitrogens is 4. The molecule has 7 heteroatoms. The Morgan fingerprint density at radius 2 is 1.76 bits per heavy atom. The van der Waals surface area contributed by atoms with Gasteiger partial charge in [0.1, 0.15) is 18.2 Å². The van der Waals surface area contributed by atoms with Crippen LogP contribution in [0, 0.1) is 0 Å². The van der Waals surface area contributed by atoms with Crippen molar-refractivity contribution in [1.82, 2.24) is 19.7 Å². The summed E-state index contributed by atoms with van der Waals surface area (Å²) in [6.07, 6.45) is 1.82. The summed E-state index contributed by atoms with van der Waals surface area (Å²) >= 11 is 0. The number of nitrogens with zero attached hydrogens (tertiary/aromatic N) is 5. The van der Waals surface area contributed by atoms with E-state index < -0.39 is 0 Å². The topological polar surface area (TPSA) is 65.3 Å². The first-order valence-corrected chi connectivity index (χ1v) is 8.34. The van der Waals surface area contributed by atoms with Crippen LogP contribution in [-0.4, -0.2) is 47.1 Å². The SMILES string of the molecule is CCN(CC)c1nc(COC)nc2c1cnn2-c1ccc(OC)cc1. The Bertz CT molecular complexity index is 841. The van der Waals surface area contributed by atoms with E-state index in [9.17, 15) is 0 Å². The van der Waals surface area contributed by atoms with Gasteiger partial charge in [0.05, 0.1) is 24.4 Å². The van der Waals surface area contributed by atoms with E-state index in [0.717, 1.165) is 41.4 Å². The first kappa shape index (κ1) is 17.2. The van der Waals surface area contributed by atoms with Gasteiger partial charge in [-0.05, 0) is 38.1 Å². The molecule has 0 atom stereocenters. The summed E-state index contributed by atoms with van der Waals surface area (Å²) in [6, 6.07) is 7.73. The average molecular weight is 341 g/mol. The lowest BCUT2D eigenvalue weighted by Gasteiger charge is -2.21. The maximum absolute atomic E-state index is 5.24. The maximum Gasteiger partial charge on any atom is 0.168 e. The van der Waals surface area contributed by atoms with Crippen molar-refractivity contribution in [3.05, 3.63) is 36.3 Å². The van der Waals surface area contributed by atoms with Crippen LogP contribution in [0.1, 0.15) is 19.7 Å². The first-order chi connectivity index (χ1) is 12.2. The third-order valence-electron chi connectivity index (χ3n) is 4.11. The van der Waals surface area contributed by atoms with Gasteiger partial charge in [-0.3, -0.25) is 0 Å². The molecule has 0 amide bonds. The van der Waals surface area contributed by atoms with Crippen LogP contribution < -0.4 is 9.64 Å². The van der Waals surface area contributed by atoms with Gasteiger partial charge in [0.15, 0.2) is 11.5 Å². The van der Waals surface area contributed by atoms with Gasteiger partial charge in [-0.2, -0.15) is 5.10 Å². The third-order valence-corrected chi connectivity index (χ3v) is 4.11. The second-order valence-electron chi connectivity index (χ2n) is 5.56. The van der Waals surface area contributed by atoms with Crippen molar-refractivity contribution >= 4 is 16.9 Å². The van der Waals surface area contributed by atoms with Gasteiger partial charge in [0, 0.05) is 20.2 Å². The molecule has 0 aliphatic carbocycles. The Morgan fingerprint density at radius 1 is 1.04 bits per heavy atom. The first-order valence-electron chi connectivity index (χ1n) is 8.34. The molecule has 2 heterocycles. The van der Waals surface area contributed by atoms with E-state index in [-0.39, 0.29) is 0 Å². The summed E-state index contributed by atoms with van der Waals surface area (Å²) in [5.74, 6) is 2.34. The Morgan fingerprint density at radius 3 is 2.36 bits per heavy atom. The molecule has 2 aromatic heterocycles. The second-order valence-corrected chi connectivity index (χ2v) is 5.56. The molecule has 25 heavy (non-hydrogen) atoms. The van der Waals surface area contributed by atoms with Crippen LogP contribution in [0.2, 0.25) is 0 Å². The number of fused-ring (bicyclic) bond motifs is 1. The number of ether oxygens (including phenoxy) is 2. The van der Waals surface area contributed by atoms with Gasteiger partial charge in [-0.15, -0.1) is 0 Å². The molecule has 1 aromatic carbocycles. The van der Waals surface area contributed by atoms with Gasteiger partial charge in [-0.25, -0.2) is 14.6 Å². The molecule has 0 aliphatic heterocycles. The van der Waals surface area contributed by atoms with Crippen LogP contribution in [0.5, 0.6) is 5.75 Å². The highest BCUT2D eigenvalue weighted by Gasteiger charge is 2.17. The smallest absolute Gasteiger partial charge is 0.168 e. The van der Waals surface area contributed by atoms with Gasteiger partial charge < -0.3 is 14.4 Å². The summed E-state index contributed by atoms with van der Waals surface area (Å²) in [4.78, 5) is 11.5. The number of anilines is 1. The van der Waals surface area contributed by atoms with E-state index >= 15 is 0 Å². The molecule has 0 bridgehead atoms. The second kappa shape index (κ2) is 7.48. The van der Waals surface area contributed by atoms with Gasteiger partial charge in [0.2, 0.25) is 0 Å². The van der Waals surface area contributed by atoms with Crippen LogP contribution in [-0.2, 0) is 11.3 Å². The molecule has 3 aromatic rings. The molecule has 0 spiro atoms. The Hall–Kier alpha value is -2.67. The van der Waals surface area contributed by atoms with Crippen LogP contribution in [0.15, 0.2) is 30.5 Å². The third kappa shape index (κ3) is 3.28. The van der Waals surface area contributed by atoms with Gasteiger partial charge >= 0.3 is 0 Å². The molecular formula is C18H23N5O2. The Labute approximate surface area is 147 Å². The van der Waals surface area contributed by atoms with Crippen molar-refractivity contribution in [1.29, 1.82) is 0 Å². The maximum atomic E-state index is 5.24. The monoisotopic (exact) mass is 341 g/mol. The summed E-state index contributed by atoms with van der Waals surface area (Å²) in [6.45, 7) is 6.31. The lowest BCUT2D eigenvalue weighted by Crippen LogP contribution is -2.24. The molecule has 7 nitrogen and oxygen atoms in total. The van der Waals surface area contributed by atoms with Crippen LogP contribution in [0.3, 0.4) is 0 Å². The van der Waals surface area contributed by atoms with Crippen molar-refractivity contribution in [2.24, 2.45) is 0 Å². The molecule has 132 valence electrons. The zero-order valence-electron chi connectivity index (χ0n) is 15.1. The van der Waals surface area contributed by atoms with E-state index in [4.69, 9.17) is 9.47 Å². The molecule has 0 fully saturated rings. The summed E-state index contributed by atoms with van der Waals surface area (Å²) in [5.41, 5.74) is 1.69. The van der Waals surface area contributed by atoms with Crippen molar-refractivity contribution in [2.75, 3.05) is 32.2 Å². The minimum Gasteiger partial charge on any atom is -0.497 e. The van der Waals surface area contributed by atoms with Crippen molar-refractivity contribution in [3.63, 3.8) is 0 Å². The minimum absolute atomic E-state index is 0.359. The molecule has 0 saturated heterocycles. The lowest BCUT2D eigenvalue weighted by molar-refractivity contribution is 0.178. The number of benzene rings is 1. The fourth-order valence-corrected chi connectivity index (χ4v) is 2.81. The zero-order valence-corrected chi connectivity index (χ0v) is 15.1. The summed E-state index contributed by atoms with van der Waals surface area (Å²) < 4.78 is 12.3. The minimum atomic E-state index is 0.359. The van der Waals surface area contributed by atoms with Crippen LogP contribution >= 0.6 is 0 Å². The predicted octanol–water partition coefficient (Wildman–Crippen LogP) is 2.82. The molecule has 0 radical (unpaired) electrons. The number of rotatable bonds is 7. The number of methoxy groups -OCH3 is 2. The van der Waals surface area contributed by atoms with Crippen molar-refractivity contribution < 1.29 is 9.47 Å². The predicted molar refractivity (Wildman–Crippen MR) is 97.5 cm³/mol. The van der Waals surface area contributed by atoms with E-state index in [1.54, 1.807) is 14.2 Å². The average Bonchev–Trinajstić information content (AvgIpc) is 3.07. The fraction of sp³-hybridized carbons (Fsp3) is 0.389. The van der Waals surface area contributed by atoms with E-state index in [1.165, 1.54) is 0 Å². The summed E-state index contributed by atoms with van der Waals surface area (Å²) in [5, 5.41) is 5.47. The van der Waals surface area contributed by atoms with Gasteiger partial charge in [0.25, 0.3) is 0 Å². The van der Waals surface area contributed by atoms with Crippen molar-refractivity contribution in [2.45, 2.75) is 20.5 Å². The van der Waals surface area contributed by atoms with E-state index in [1.807, 2.05) is 35.1 Å². The van der Waals surface area contributed by atoms with Crippen LogP contribution in [0.4, 0.5) is 5.82 Å². The number of hydrogen-bond acceptors (Lipinski definition) is 6. The highest BCUT2D eigenvalue weighted by molar-refractivity contribution is 5.88. The molecule has 0 unspecified atom stereocenters. The largest absolute Gasteiger partial charge is 0.497 e. The fourth-order valence-electron chi connectivity index (χ4n) is 2.81. The Kier molecular flexibility index (Phi) is 5.14. The highest BCUT2D eigenvalue weighted by atomic mass is 16.5. The quantitative estimate of drug-likeness (QED) is 0.658. The molecule has 0 saturated carbocycles. The molecule has 0 aliphatic rings. The van der Waals surface area contributed by atoms with E-state index in [2.05, 4.69) is 33.8 Å². The van der Waals surface area contributed by atoms with E-state index in [0.29, 0.717) is 12.4 Å². The zero-order chi connectivity index (χ0) is 17.8. The standard InChI is InChI=1S/C18H23N5O2/c1-5-22(6-2)17-15-11-19-23(13-7-9-14(25-4)10-8-13)18(15)21-16(20-17)12-24-3/h7-11H,5-6,12H2,1-4H3. The number of hydrogen-bond donors (Lipinski definition) is 0. The summed E-state index contributed by atoms with van der Waals surface area (Å²) in [7, 11) is 3.30. The lowest BCUT2D eigenvalue weighted by atomic mass is 10.3. The molecular weight excluding hydrogens is 318 g/mol. The molecule has 0 N–H and O–H groups in total. The van der Waals surface area contributed by atoms with Crippen molar-refractivity contribution in [3.8, 4) is 11.4 Å². The normalized spacial score (nSPS) is 11.0.